The van der Waals surface area contributed by atoms with E-state index in [4.69, 9.17) is 4.74 Å². The lowest BCUT2D eigenvalue weighted by Gasteiger charge is -2.30. The van der Waals surface area contributed by atoms with Crippen LogP contribution in [0.3, 0.4) is 0 Å². The predicted octanol–water partition coefficient (Wildman–Crippen LogP) is 3.33. The number of anilines is 1. The van der Waals surface area contributed by atoms with Gasteiger partial charge in [-0.05, 0) is 55.7 Å². The minimum atomic E-state index is -0.363. The van der Waals surface area contributed by atoms with E-state index < -0.39 is 0 Å². The molecule has 8 nitrogen and oxygen atoms in total. The molecule has 1 amide bonds. The topological polar surface area (TPSA) is 101 Å². The van der Waals surface area contributed by atoms with Crippen LogP contribution in [-0.2, 0) is 6.54 Å². The van der Waals surface area contributed by atoms with E-state index in [0.29, 0.717) is 37.0 Å². The fourth-order valence-corrected chi connectivity index (χ4v) is 4.48. The molecule has 0 aromatic carbocycles. The highest BCUT2D eigenvalue weighted by atomic mass is 32.2. The van der Waals surface area contributed by atoms with E-state index in [1.165, 1.54) is 24.9 Å². The lowest BCUT2D eigenvalue weighted by Crippen LogP contribution is -2.37. The molecular formula is C21H25FN6O2S. The van der Waals surface area contributed by atoms with Crippen molar-refractivity contribution in [1.82, 2.24) is 25.6 Å². The maximum absolute atomic E-state index is 13.5. The van der Waals surface area contributed by atoms with Crippen molar-refractivity contribution < 1.29 is 13.9 Å². The van der Waals surface area contributed by atoms with Gasteiger partial charge in [0.15, 0.2) is 0 Å². The minimum absolute atomic E-state index is 0.0314. The second kappa shape index (κ2) is 10.1. The van der Waals surface area contributed by atoms with Crippen LogP contribution in [0.25, 0.3) is 6.08 Å². The first-order valence-corrected chi connectivity index (χ1v) is 11.1. The highest BCUT2D eigenvalue weighted by Crippen LogP contribution is 2.25. The second-order valence-corrected chi connectivity index (χ2v) is 8.65. The van der Waals surface area contributed by atoms with Crippen LogP contribution in [0.2, 0.25) is 0 Å². The molecule has 0 radical (unpaired) electrons. The van der Waals surface area contributed by atoms with Crippen molar-refractivity contribution in [3.05, 3.63) is 46.5 Å². The number of hydrogen-bond donors (Lipinski definition) is 3. The molecule has 2 aromatic rings. The molecule has 2 aliphatic rings. The lowest BCUT2D eigenvalue weighted by molar-refractivity contribution is 0.262. The number of rotatable bonds is 7. The fourth-order valence-electron chi connectivity index (χ4n) is 3.78. The highest BCUT2D eigenvalue weighted by molar-refractivity contribution is 8.17. The van der Waals surface area contributed by atoms with Gasteiger partial charge >= 0.3 is 0 Å². The van der Waals surface area contributed by atoms with Gasteiger partial charge in [0.2, 0.25) is 11.8 Å². The SMILES string of the molecule is COc1ncc(F)cc1CNC1CCC(Nc2nccc(C=C3CNC(=O)S3)n2)CC1. The molecule has 2 aromatic heterocycles. The van der Waals surface area contributed by atoms with Crippen molar-refractivity contribution in [2.75, 3.05) is 19.0 Å². The monoisotopic (exact) mass is 444 g/mol. The molecule has 1 aliphatic carbocycles. The van der Waals surface area contributed by atoms with Gasteiger partial charge in [-0.3, -0.25) is 4.79 Å². The van der Waals surface area contributed by atoms with E-state index in [0.717, 1.165) is 48.0 Å². The molecule has 10 heteroatoms. The summed E-state index contributed by atoms with van der Waals surface area (Å²) < 4.78 is 18.7. The van der Waals surface area contributed by atoms with E-state index in [1.807, 2.05) is 12.1 Å². The molecule has 3 heterocycles. The van der Waals surface area contributed by atoms with Gasteiger partial charge in [-0.2, -0.15) is 0 Å². The Labute approximate surface area is 184 Å². The average Bonchev–Trinajstić information content (AvgIpc) is 3.18. The van der Waals surface area contributed by atoms with Gasteiger partial charge in [0.05, 0.1) is 25.5 Å². The molecule has 1 aliphatic heterocycles. The van der Waals surface area contributed by atoms with Crippen molar-refractivity contribution >= 4 is 29.0 Å². The summed E-state index contributed by atoms with van der Waals surface area (Å²) in [5.74, 6) is 0.689. The smallest absolute Gasteiger partial charge is 0.283 e. The second-order valence-electron chi connectivity index (χ2n) is 7.55. The number of nitrogens with zero attached hydrogens (tertiary/aromatic N) is 3. The zero-order chi connectivity index (χ0) is 21.6. The molecule has 1 saturated heterocycles. The Morgan fingerprint density at radius 2 is 2.10 bits per heavy atom. The number of halogens is 1. The van der Waals surface area contributed by atoms with Crippen LogP contribution in [0.5, 0.6) is 5.88 Å². The number of carbonyl (C=O) groups is 1. The zero-order valence-electron chi connectivity index (χ0n) is 17.2. The normalized spacial score (nSPS) is 22.4. The van der Waals surface area contributed by atoms with Crippen molar-refractivity contribution in [3.8, 4) is 5.88 Å². The van der Waals surface area contributed by atoms with Gasteiger partial charge in [-0.15, -0.1) is 0 Å². The van der Waals surface area contributed by atoms with Gasteiger partial charge in [-0.1, -0.05) is 0 Å². The average molecular weight is 445 g/mol. The number of thioether (sulfide) groups is 1. The van der Waals surface area contributed by atoms with Crippen molar-refractivity contribution in [3.63, 3.8) is 0 Å². The molecular weight excluding hydrogens is 419 g/mol. The molecule has 2 fully saturated rings. The van der Waals surface area contributed by atoms with Gasteiger partial charge in [0.25, 0.3) is 5.24 Å². The molecule has 4 rings (SSSR count). The Bertz CT molecular complexity index is 965. The van der Waals surface area contributed by atoms with Crippen molar-refractivity contribution in [2.24, 2.45) is 0 Å². The standard InChI is InChI=1S/C21H25FN6O2S/c1-30-19-13(8-14(22)11-25-19)10-24-15-2-4-16(5-3-15)27-20-23-7-6-17(28-20)9-18-12-26-21(29)31-18/h6-9,11,15-16,24H,2-5,10,12H2,1H3,(H,26,29)(H,23,27,28). The summed E-state index contributed by atoms with van der Waals surface area (Å²) in [4.78, 5) is 25.1. The van der Waals surface area contributed by atoms with Crippen LogP contribution in [0.4, 0.5) is 15.1 Å². The molecule has 0 atom stereocenters. The molecule has 0 bridgehead atoms. The predicted molar refractivity (Wildman–Crippen MR) is 118 cm³/mol. The lowest BCUT2D eigenvalue weighted by atomic mass is 9.91. The molecule has 3 N–H and O–H groups in total. The fraction of sp³-hybridized carbons (Fsp3) is 0.429. The number of hydrogen-bond acceptors (Lipinski definition) is 8. The minimum Gasteiger partial charge on any atom is -0.481 e. The Balaban J connectivity index is 1.26. The number of aromatic nitrogens is 3. The third kappa shape index (κ3) is 5.92. The summed E-state index contributed by atoms with van der Waals surface area (Å²) in [5, 5.41) is 9.65. The molecule has 31 heavy (non-hydrogen) atoms. The number of methoxy groups -OCH3 is 1. The summed E-state index contributed by atoms with van der Waals surface area (Å²) >= 11 is 1.20. The van der Waals surface area contributed by atoms with Gasteiger partial charge in [0.1, 0.15) is 5.82 Å². The van der Waals surface area contributed by atoms with Crippen LogP contribution in [0, 0.1) is 5.82 Å². The van der Waals surface area contributed by atoms with Gasteiger partial charge in [-0.25, -0.2) is 19.3 Å². The van der Waals surface area contributed by atoms with E-state index in [1.54, 1.807) is 6.20 Å². The summed E-state index contributed by atoms with van der Waals surface area (Å²) in [6.45, 7) is 1.07. The third-order valence-corrected chi connectivity index (χ3v) is 6.20. The van der Waals surface area contributed by atoms with Crippen LogP contribution < -0.4 is 20.7 Å². The largest absolute Gasteiger partial charge is 0.481 e. The van der Waals surface area contributed by atoms with E-state index in [-0.39, 0.29) is 11.1 Å². The summed E-state index contributed by atoms with van der Waals surface area (Å²) in [6, 6.07) is 3.95. The summed E-state index contributed by atoms with van der Waals surface area (Å²) in [7, 11) is 1.54. The number of carbonyl (C=O) groups excluding carboxylic acids is 1. The number of pyridine rings is 1. The highest BCUT2D eigenvalue weighted by Gasteiger charge is 2.22. The Morgan fingerprint density at radius 1 is 1.29 bits per heavy atom. The maximum Gasteiger partial charge on any atom is 0.283 e. The number of ether oxygens (including phenoxy) is 1. The molecule has 0 unspecified atom stereocenters. The Hall–Kier alpha value is -2.72. The zero-order valence-corrected chi connectivity index (χ0v) is 18.0. The molecule has 1 saturated carbocycles. The quantitative estimate of drug-likeness (QED) is 0.598. The molecule has 0 spiro atoms. The van der Waals surface area contributed by atoms with Gasteiger partial charge in [0, 0.05) is 35.3 Å². The van der Waals surface area contributed by atoms with Gasteiger partial charge < -0.3 is 20.7 Å². The Morgan fingerprint density at radius 3 is 2.84 bits per heavy atom. The van der Waals surface area contributed by atoms with Crippen LogP contribution in [0.15, 0.2) is 29.4 Å². The van der Waals surface area contributed by atoms with Crippen molar-refractivity contribution in [1.29, 1.82) is 0 Å². The van der Waals surface area contributed by atoms with Crippen molar-refractivity contribution in [2.45, 2.75) is 44.3 Å². The Kier molecular flexibility index (Phi) is 6.98. The van der Waals surface area contributed by atoms with Crippen LogP contribution in [0.1, 0.15) is 36.9 Å². The first-order valence-electron chi connectivity index (χ1n) is 10.3. The number of amides is 1. The van der Waals surface area contributed by atoms with E-state index >= 15 is 0 Å². The molecule has 164 valence electrons. The maximum atomic E-state index is 13.5. The number of nitrogens with one attached hydrogen (secondary N) is 3. The summed E-state index contributed by atoms with van der Waals surface area (Å²) in [5.41, 5.74) is 1.50. The third-order valence-electron chi connectivity index (χ3n) is 5.34. The first kappa shape index (κ1) is 21.5. The van der Waals surface area contributed by atoms with E-state index in [9.17, 15) is 9.18 Å². The van der Waals surface area contributed by atoms with Crippen LogP contribution in [-0.4, -0.2) is 45.9 Å². The van der Waals surface area contributed by atoms with E-state index in [2.05, 4.69) is 30.9 Å². The first-order chi connectivity index (χ1) is 15.1. The van der Waals surface area contributed by atoms with Crippen LogP contribution >= 0.6 is 11.8 Å². The summed E-state index contributed by atoms with van der Waals surface area (Å²) in [6.07, 6.45) is 8.76.